The zero-order chi connectivity index (χ0) is 14.8. The Balaban J connectivity index is 0.00000220. The summed E-state index contributed by atoms with van der Waals surface area (Å²) in [6.45, 7) is 11.2. The summed E-state index contributed by atoms with van der Waals surface area (Å²) in [6.07, 6.45) is 3.45. The van der Waals surface area contributed by atoms with Crippen LogP contribution in [0.4, 0.5) is 0 Å². The number of nitrogens with one attached hydrogen (secondary N) is 1. The molecule has 22 heavy (non-hydrogen) atoms. The van der Waals surface area contributed by atoms with Gasteiger partial charge in [-0.3, -0.25) is 0 Å². The second-order valence-electron chi connectivity index (χ2n) is 6.71. The number of halogens is 2. The van der Waals surface area contributed by atoms with Crippen molar-refractivity contribution >= 4 is 30.4 Å². The van der Waals surface area contributed by atoms with Gasteiger partial charge in [0.15, 0.2) is 0 Å². The van der Waals surface area contributed by atoms with Gasteiger partial charge in [0.25, 0.3) is 0 Å². The van der Waals surface area contributed by atoms with E-state index in [4.69, 9.17) is 0 Å². The molecule has 1 N–H and O–H groups in total. The molecule has 1 aromatic rings. The van der Waals surface area contributed by atoms with Gasteiger partial charge in [-0.1, -0.05) is 0 Å². The maximum Gasteiger partial charge on any atom is -0.147 e. The van der Waals surface area contributed by atoms with E-state index >= 15 is 0 Å². The average molecular weight is 376 g/mol. The van der Waals surface area contributed by atoms with Crippen LogP contribution in [0, 0.1) is 0 Å². The van der Waals surface area contributed by atoms with Gasteiger partial charge in [0.05, 0.1) is 0 Å². The van der Waals surface area contributed by atoms with Crippen LogP contribution in [-0.4, -0.2) is 5.54 Å². The van der Waals surface area contributed by atoms with Crippen LogP contribution in [-0.2, 0) is 24.1 Å². The molecule has 0 saturated heterocycles. The second kappa shape index (κ2) is 9.30. The summed E-state index contributed by atoms with van der Waals surface area (Å²) in [5.41, 5.74) is 7.69. The molecule has 0 aliphatic heterocycles. The molecule has 0 amide bonds. The van der Waals surface area contributed by atoms with Gasteiger partial charge in [-0.25, -0.2) is 0 Å². The van der Waals surface area contributed by atoms with Gasteiger partial charge in [0.2, 0.25) is 0 Å². The van der Waals surface area contributed by atoms with Gasteiger partial charge in [-0.05, 0) is 0 Å². The van der Waals surface area contributed by atoms with E-state index in [1.54, 1.807) is 0 Å². The van der Waals surface area contributed by atoms with E-state index in [0.717, 1.165) is 6.42 Å². The van der Waals surface area contributed by atoms with Crippen LogP contribution in [0.1, 0.15) is 52.2 Å². The first-order chi connectivity index (χ1) is 9.37. The van der Waals surface area contributed by atoms with Crippen LogP contribution in [0.5, 0.6) is 0 Å². The van der Waals surface area contributed by atoms with E-state index in [1.807, 2.05) is 0 Å². The third-order valence-corrected chi connectivity index (χ3v) is 5.80. The number of rotatable bonds is 4. The Morgan fingerprint density at radius 1 is 1.09 bits per heavy atom. The SMILES string of the molecule is CC1=CC(C)=C(c2ccccc2[CH2][Ti][NH]C(C)(C)C)C1.Cl.Cl. The first-order valence-electron chi connectivity index (χ1n) is 7.32. The minimum atomic E-state index is -0.130. The molecule has 0 unspecified atom stereocenters. The number of benzene rings is 1. The van der Waals surface area contributed by atoms with Crippen LogP contribution in [0.3, 0.4) is 0 Å². The molecule has 2 rings (SSSR count). The molecule has 0 bridgehead atoms. The molecule has 0 aromatic heterocycles. The van der Waals surface area contributed by atoms with Crippen molar-refractivity contribution in [2.75, 3.05) is 0 Å². The smallest absolute Gasteiger partial charge is 0.147 e. The fraction of sp³-hybridized carbons (Fsp3) is 0.444. The monoisotopic (exact) mass is 375 g/mol. The summed E-state index contributed by atoms with van der Waals surface area (Å²) in [7, 11) is 0. The van der Waals surface area contributed by atoms with Crippen molar-refractivity contribution in [3.8, 4) is 0 Å². The Hall–Kier alpha value is -0.0457. The summed E-state index contributed by atoms with van der Waals surface area (Å²) in [4.78, 5) is 0. The predicted molar refractivity (Wildman–Crippen MR) is 98.5 cm³/mol. The molecule has 0 fully saturated rings. The molecule has 122 valence electrons. The van der Waals surface area contributed by atoms with Crippen molar-refractivity contribution in [1.82, 2.24) is 3.80 Å². The molecular formula is C18H27Cl2NTi. The van der Waals surface area contributed by atoms with Crippen molar-refractivity contribution in [3.63, 3.8) is 0 Å². The van der Waals surface area contributed by atoms with Crippen LogP contribution in [0.15, 0.2) is 41.5 Å². The maximum atomic E-state index is 3.70. The standard InChI is InChI=1S/C14H15.C4H10N.2ClH.Ti/c1-10-8-12(3)14(9-10)13-7-5-4-6-11(13)2;1-4(2,3)5;;;/h4-8H,2,9H2,1,3H3;5H,1-3H3;2*1H;/q;-1;;;+1. The molecule has 0 spiro atoms. The maximum absolute atomic E-state index is 3.70. The molecule has 1 aliphatic rings. The van der Waals surface area contributed by atoms with Gasteiger partial charge in [-0.2, -0.15) is 0 Å². The first kappa shape index (κ1) is 22.0. The van der Waals surface area contributed by atoms with Crippen LogP contribution in [0.2, 0.25) is 0 Å². The molecule has 0 radical (unpaired) electrons. The first-order valence-corrected chi connectivity index (χ1v) is 9.20. The van der Waals surface area contributed by atoms with Crippen LogP contribution < -0.4 is 3.80 Å². The summed E-state index contributed by atoms with van der Waals surface area (Å²) in [5, 5.41) is 0. The minimum Gasteiger partial charge on any atom is -0.147 e. The van der Waals surface area contributed by atoms with E-state index in [9.17, 15) is 0 Å². The Morgan fingerprint density at radius 3 is 2.27 bits per heavy atom. The fourth-order valence-electron chi connectivity index (χ4n) is 2.61. The largest absolute Gasteiger partial charge is 0.147 e. The minimum absolute atomic E-state index is 0. The number of hydrogen-bond donors (Lipinski definition) is 1. The van der Waals surface area contributed by atoms with E-state index in [0.29, 0.717) is 0 Å². The molecule has 1 nitrogen and oxygen atoms in total. The third kappa shape index (κ3) is 6.22. The second-order valence-corrected chi connectivity index (χ2v) is 8.21. The van der Waals surface area contributed by atoms with Gasteiger partial charge < -0.3 is 0 Å². The normalized spacial score (nSPS) is 14.1. The zero-order valence-corrected chi connectivity index (χ0v) is 17.3. The van der Waals surface area contributed by atoms with E-state index < -0.39 is 0 Å². The van der Waals surface area contributed by atoms with E-state index in [-0.39, 0.29) is 49.8 Å². The van der Waals surface area contributed by atoms with Crippen molar-refractivity contribution in [1.29, 1.82) is 0 Å². The quantitative estimate of drug-likeness (QED) is 0.681. The molecule has 1 aromatic carbocycles. The molecule has 0 atom stereocenters. The number of hydrogen-bond acceptors (Lipinski definition) is 1. The summed E-state index contributed by atoms with van der Waals surface area (Å²) >= 11 is -0.130. The average Bonchev–Trinajstić information content (AvgIpc) is 2.67. The van der Waals surface area contributed by atoms with E-state index in [2.05, 4.69) is 68.8 Å². The summed E-state index contributed by atoms with van der Waals surface area (Å²) in [5.74, 6) is 0. The Bertz CT molecular complexity index is 556. The van der Waals surface area contributed by atoms with Gasteiger partial charge >= 0.3 is 133 Å². The fourth-order valence-corrected chi connectivity index (χ4v) is 4.35. The molecule has 1 aliphatic carbocycles. The molecular weight excluding hydrogens is 349 g/mol. The third-order valence-electron chi connectivity index (χ3n) is 3.48. The molecule has 0 saturated carbocycles. The van der Waals surface area contributed by atoms with Gasteiger partial charge in [0, 0.05) is 0 Å². The van der Waals surface area contributed by atoms with Crippen LogP contribution in [0.25, 0.3) is 5.57 Å². The summed E-state index contributed by atoms with van der Waals surface area (Å²) < 4.78 is 4.92. The Kier molecular flexibility index (Phi) is 9.28. The molecule has 4 heteroatoms. The van der Waals surface area contributed by atoms with Crippen molar-refractivity contribution in [2.45, 2.75) is 51.3 Å². The topological polar surface area (TPSA) is 12.0 Å². The van der Waals surface area contributed by atoms with Gasteiger partial charge in [0.1, 0.15) is 0 Å². The predicted octanol–water partition coefficient (Wildman–Crippen LogP) is 5.54. The summed E-state index contributed by atoms with van der Waals surface area (Å²) in [6, 6.07) is 8.94. The van der Waals surface area contributed by atoms with Gasteiger partial charge in [-0.15, -0.1) is 24.8 Å². The zero-order valence-electron chi connectivity index (χ0n) is 14.1. The van der Waals surface area contributed by atoms with Crippen molar-refractivity contribution in [3.05, 3.63) is 52.6 Å². The van der Waals surface area contributed by atoms with Crippen molar-refractivity contribution < 1.29 is 19.4 Å². The Morgan fingerprint density at radius 2 is 1.73 bits per heavy atom. The number of allylic oxidation sites excluding steroid dienone is 4. The van der Waals surface area contributed by atoms with Crippen molar-refractivity contribution in [2.24, 2.45) is 0 Å². The van der Waals surface area contributed by atoms with E-state index in [1.165, 1.54) is 32.6 Å². The molecule has 0 heterocycles. The Labute approximate surface area is 157 Å². The van der Waals surface area contributed by atoms with Crippen LogP contribution >= 0.6 is 24.8 Å².